The lowest BCUT2D eigenvalue weighted by Crippen LogP contribution is -2.12. The molecule has 2 rings (SSSR count). The molecule has 0 unspecified atom stereocenters. The third kappa shape index (κ3) is 3.16. The molecule has 1 heterocycles. The molecule has 19 heavy (non-hydrogen) atoms. The van der Waals surface area contributed by atoms with Gasteiger partial charge in [-0.1, -0.05) is 23.9 Å². The van der Waals surface area contributed by atoms with E-state index in [1.54, 1.807) is 18.2 Å². The van der Waals surface area contributed by atoms with Crippen LogP contribution in [0.25, 0.3) is 0 Å². The molecular formula is C11H9NO5S2. The van der Waals surface area contributed by atoms with Gasteiger partial charge in [-0.3, -0.25) is 0 Å². The first-order valence-electron chi connectivity index (χ1n) is 5.01. The number of sulfonamides is 1. The van der Waals surface area contributed by atoms with Crippen molar-refractivity contribution in [1.82, 2.24) is 0 Å². The maximum absolute atomic E-state index is 11.4. The zero-order chi connectivity index (χ0) is 14.0. The van der Waals surface area contributed by atoms with E-state index in [0.717, 1.165) is 11.8 Å². The third-order valence-corrected chi connectivity index (χ3v) is 4.25. The molecule has 0 saturated heterocycles. The lowest BCUT2D eigenvalue weighted by atomic mass is 10.4. The van der Waals surface area contributed by atoms with E-state index >= 15 is 0 Å². The van der Waals surface area contributed by atoms with Crippen LogP contribution in [0.5, 0.6) is 0 Å². The van der Waals surface area contributed by atoms with E-state index in [0.29, 0.717) is 4.90 Å². The van der Waals surface area contributed by atoms with Crippen LogP contribution in [0.3, 0.4) is 0 Å². The fourth-order valence-electron chi connectivity index (χ4n) is 1.37. The summed E-state index contributed by atoms with van der Waals surface area (Å²) in [7, 11) is -3.84. The molecule has 0 fully saturated rings. The highest BCUT2D eigenvalue weighted by atomic mass is 32.2. The summed E-state index contributed by atoms with van der Waals surface area (Å²) in [5.41, 5.74) is 0. The predicted octanol–water partition coefficient (Wildman–Crippen LogP) is 1.78. The number of carboxylic acid groups (broad SMARTS) is 1. The lowest BCUT2D eigenvalue weighted by molar-refractivity contribution is 0.0656. The van der Waals surface area contributed by atoms with Crippen molar-refractivity contribution in [3.63, 3.8) is 0 Å². The zero-order valence-corrected chi connectivity index (χ0v) is 11.1. The van der Waals surface area contributed by atoms with Crippen LogP contribution in [-0.4, -0.2) is 19.5 Å². The predicted molar refractivity (Wildman–Crippen MR) is 67.6 cm³/mol. The largest absolute Gasteiger partial charge is 0.475 e. The van der Waals surface area contributed by atoms with E-state index in [4.69, 9.17) is 14.7 Å². The Labute approximate surface area is 113 Å². The number of carbonyl (C=O) groups is 1. The molecular weight excluding hydrogens is 290 g/mol. The van der Waals surface area contributed by atoms with Crippen molar-refractivity contribution >= 4 is 27.8 Å². The second-order valence-electron chi connectivity index (χ2n) is 3.52. The highest BCUT2D eigenvalue weighted by molar-refractivity contribution is 8.00. The average molecular weight is 299 g/mol. The van der Waals surface area contributed by atoms with Crippen molar-refractivity contribution in [3.05, 3.63) is 42.2 Å². The molecule has 1 aromatic carbocycles. The van der Waals surface area contributed by atoms with E-state index in [1.807, 2.05) is 0 Å². The second-order valence-corrected chi connectivity index (χ2v) is 6.09. The van der Waals surface area contributed by atoms with Crippen molar-refractivity contribution in [1.29, 1.82) is 0 Å². The zero-order valence-electron chi connectivity index (χ0n) is 9.44. The Kier molecular flexibility index (Phi) is 3.65. The SMILES string of the molecule is NS(=O)(=O)c1ccccc1Sc1ccc(C(=O)O)o1. The van der Waals surface area contributed by atoms with Gasteiger partial charge in [-0.2, -0.15) is 0 Å². The Morgan fingerprint density at radius 1 is 1.21 bits per heavy atom. The fraction of sp³-hybridized carbons (Fsp3) is 0. The van der Waals surface area contributed by atoms with E-state index < -0.39 is 16.0 Å². The van der Waals surface area contributed by atoms with Gasteiger partial charge in [0, 0.05) is 4.90 Å². The number of benzene rings is 1. The molecule has 1 aromatic heterocycles. The van der Waals surface area contributed by atoms with Crippen LogP contribution in [-0.2, 0) is 10.0 Å². The number of aromatic carboxylic acids is 1. The van der Waals surface area contributed by atoms with E-state index in [9.17, 15) is 13.2 Å². The van der Waals surface area contributed by atoms with Gasteiger partial charge in [0.2, 0.25) is 15.8 Å². The summed E-state index contributed by atoms with van der Waals surface area (Å²) in [5, 5.41) is 14.1. The normalized spacial score (nSPS) is 11.4. The summed E-state index contributed by atoms with van der Waals surface area (Å²) < 4.78 is 27.8. The quantitative estimate of drug-likeness (QED) is 0.890. The summed E-state index contributed by atoms with van der Waals surface area (Å²) in [4.78, 5) is 11.0. The topological polar surface area (TPSA) is 111 Å². The number of carboxylic acids is 1. The third-order valence-electron chi connectivity index (χ3n) is 2.16. The minimum Gasteiger partial charge on any atom is -0.475 e. The van der Waals surface area contributed by atoms with E-state index in [1.165, 1.54) is 18.2 Å². The molecule has 2 aromatic rings. The summed E-state index contributed by atoms with van der Waals surface area (Å²) in [6.45, 7) is 0. The summed E-state index contributed by atoms with van der Waals surface area (Å²) in [6.07, 6.45) is 0. The number of nitrogens with two attached hydrogens (primary N) is 1. The maximum atomic E-state index is 11.4. The molecule has 0 spiro atoms. The first-order chi connectivity index (χ1) is 8.88. The average Bonchev–Trinajstić information content (AvgIpc) is 2.77. The molecule has 0 atom stereocenters. The van der Waals surface area contributed by atoms with Crippen LogP contribution in [0.15, 0.2) is 55.7 Å². The summed E-state index contributed by atoms with van der Waals surface area (Å²) in [5.74, 6) is -1.40. The van der Waals surface area contributed by atoms with Gasteiger partial charge in [-0.15, -0.1) is 0 Å². The molecule has 6 nitrogen and oxygen atoms in total. The van der Waals surface area contributed by atoms with E-state index in [2.05, 4.69) is 0 Å². The Bertz CT molecular complexity index is 720. The van der Waals surface area contributed by atoms with Gasteiger partial charge in [0.25, 0.3) is 0 Å². The van der Waals surface area contributed by atoms with Gasteiger partial charge in [0.05, 0.1) is 4.90 Å². The standard InChI is InChI=1S/C11H9NO5S2/c12-19(15,16)9-4-2-1-3-8(9)18-10-6-5-7(17-10)11(13)14/h1-6H,(H,13,14)(H2,12,15,16). The fourth-order valence-corrected chi connectivity index (χ4v) is 3.26. The molecule has 0 aliphatic rings. The van der Waals surface area contributed by atoms with Gasteiger partial charge in [-0.05, 0) is 24.3 Å². The van der Waals surface area contributed by atoms with Crippen molar-refractivity contribution in [3.8, 4) is 0 Å². The van der Waals surface area contributed by atoms with Gasteiger partial charge in [-0.25, -0.2) is 18.4 Å². The number of hydrogen-bond donors (Lipinski definition) is 2. The number of hydrogen-bond acceptors (Lipinski definition) is 5. The monoisotopic (exact) mass is 299 g/mol. The van der Waals surface area contributed by atoms with Crippen LogP contribution in [0, 0.1) is 0 Å². The van der Waals surface area contributed by atoms with Crippen molar-refractivity contribution in [2.75, 3.05) is 0 Å². The number of primary sulfonamides is 1. The molecule has 0 amide bonds. The van der Waals surface area contributed by atoms with Crippen molar-refractivity contribution < 1.29 is 22.7 Å². The van der Waals surface area contributed by atoms with E-state index in [-0.39, 0.29) is 15.7 Å². The number of furan rings is 1. The summed E-state index contributed by atoms with van der Waals surface area (Å²) in [6, 6.07) is 8.89. The van der Waals surface area contributed by atoms with Crippen LogP contribution in [0.4, 0.5) is 0 Å². The molecule has 0 aliphatic heterocycles. The van der Waals surface area contributed by atoms with Crippen molar-refractivity contribution in [2.45, 2.75) is 14.9 Å². The maximum Gasteiger partial charge on any atom is 0.371 e. The van der Waals surface area contributed by atoms with Gasteiger partial charge < -0.3 is 9.52 Å². The highest BCUT2D eigenvalue weighted by Crippen LogP contribution is 2.33. The molecule has 0 saturated carbocycles. The molecule has 3 N–H and O–H groups in total. The first-order valence-corrected chi connectivity index (χ1v) is 7.37. The van der Waals surface area contributed by atoms with Crippen LogP contribution in [0.2, 0.25) is 0 Å². The molecule has 100 valence electrons. The Morgan fingerprint density at radius 2 is 1.89 bits per heavy atom. The molecule has 8 heteroatoms. The van der Waals surface area contributed by atoms with Gasteiger partial charge >= 0.3 is 5.97 Å². The lowest BCUT2D eigenvalue weighted by Gasteiger charge is -2.04. The molecule has 0 radical (unpaired) electrons. The smallest absolute Gasteiger partial charge is 0.371 e. The Balaban J connectivity index is 2.36. The van der Waals surface area contributed by atoms with Crippen LogP contribution < -0.4 is 5.14 Å². The summed E-state index contributed by atoms with van der Waals surface area (Å²) >= 11 is 0.990. The highest BCUT2D eigenvalue weighted by Gasteiger charge is 2.16. The van der Waals surface area contributed by atoms with Crippen LogP contribution >= 0.6 is 11.8 Å². The van der Waals surface area contributed by atoms with Crippen molar-refractivity contribution in [2.24, 2.45) is 5.14 Å². The van der Waals surface area contributed by atoms with Gasteiger partial charge in [0.15, 0.2) is 5.09 Å². The minimum atomic E-state index is -3.84. The minimum absolute atomic E-state index is 0.0340. The Morgan fingerprint density at radius 3 is 2.47 bits per heavy atom. The molecule has 0 bridgehead atoms. The van der Waals surface area contributed by atoms with Gasteiger partial charge in [0.1, 0.15) is 0 Å². The first kappa shape index (κ1) is 13.7. The molecule has 0 aliphatic carbocycles. The second kappa shape index (κ2) is 5.08. The van der Waals surface area contributed by atoms with Crippen LogP contribution in [0.1, 0.15) is 10.6 Å². The number of rotatable bonds is 4. The Hall–Kier alpha value is -1.77.